The van der Waals surface area contributed by atoms with Crippen LogP contribution in [0.2, 0.25) is 0 Å². The minimum Gasteiger partial charge on any atom is -0.544 e. The van der Waals surface area contributed by atoms with Crippen molar-refractivity contribution in [3.05, 3.63) is 12.2 Å². The molecule has 0 bridgehead atoms. The zero-order valence-electron chi connectivity index (χ0n) is 6.06. The van der Waals surface area contributed by atoms with E-state index in [4.69, 9.17) is 0 Å². The first-order chi connectivity index (χ1) is 5.13. The van der Waals surface area contributed by atoms with Gasteiger partial charge >= 0.3 is 0 Å². The Balaban J connectivity index is 2.55. The minimum atomic E-state index is -1.20. The van der Waals surface area contributed by atoms with Crippen LogP contribution in [-0.2, 0) is 4.79 Å². The van der Waals surface area contributed by atoms with Crippen molar-refractivity contribution in [1.29, 1.82) is 0 Å². The van der Waals surface area contributed by atoms with E-state index in [1.165, 1.54) is 0 Å². The largest absolute Gasteiger partial charge is 0.544 e. The highest BCUT2D eigenvalue weighted by atomic mass is 16.4. The van der Waals surface area contributed by atoms with Crippen molar-refractivity contribution in [2.75, 3.05) is 0 Å². The lowest BCUT2D eigenvalue weighted by atomic mass is 9.96. The van der Waals surface area contributed by atoms with Gasteiger partial charge in [0.25, 0.3) is 0 Å². The van der Waals surface area contributed by atoms with E-state index in [0.717, 1.165) is 0 Å². The molecule has 0 spiro atoms. The number of carbonyl (C=O) groups excluding carboxylic acids is 1. The van der Waals surface area contributed by atoms with Gasteiger partial charge in [0.2, 0.25) is 0 Å². The molecule has 1 rings (SSSR count). The van der Waals surface area contributed by atoms with E-state index < -0.39 is 18.1 Å². The third-order valence-electron chi connectivity index (χ3n) is 2.00. The molecular formula is C7H11NO3. The van der Waals surface area contributed by atoms with Crippen LogP contribution in [0, 0.1) is 5.92 Å². The highest BCUT2D eigenvalue weighted by molar-refractivity contribution is 5.69. The first-order valence-corrected chi connectivity index (χ1v) is 3.51. The number of aliphatic carboxylic acids is 1. The van der Waals surface area contributed by atoms with Crippen LogP contribution in [0.15, 0.2) is 12.2 Å². The molecule has 0 aromatic carbocycles. The number of hydrogen-bond donors (Lipinski definition) is 2. The molecule has 11 heavy (non-hydrogen) atoms. The number of rotatable bonds is 2. The second-order valence-electron chi connectivity index (χ2n) is 2.74. The number of hydrogen-bond acceptors (Lipinski definition) is 3. The third kappa shape index (κ3) is 1.58. The summed E-state index contributed by atoms with van der Waals surface area (Å²) in [7, 11) is 0. The van der Waals surface area contributed by atoms with Crippen molar-refractivity contribution < 1.29 is 20.7 Å². The molecule has 0 heterocycles. The smallest absolute Gasteiger partial charge is 0.130 e. The van der Waals surface area contributed by atoms with Crippen LogP contribution in [0.5, 0.6) is 0 Å². The van der Waals surface area contributed by atoms with Gasteiger partial charge in [-0.3, -0.25) is 0 Å². The van der Waals surface area contributed by atoms with Gasteiger partial charge in [0.15, 0.2) is 0 Å². The Labute approximate surface area is 64.3 Å². The number of aliphatic hydroxyl groups is 1. The summed E-state index contributed by atoms with van der Waals surface area (Å²) in [5.74, 6) is -1.50. The topological polar surface area (TPSA) is 88.0 Å². The fraction of sp³-hybridized carbons (Fsp3) is 0.571. The van der Waals surface area contributed by atoms with Gasteiger partial charge < -0.3 is 20.7 Å². The van der Waals surface area contributed by atoms with Crippen molar-refractivity contribution in [2.24, 2.45) is 5.92 Å². The summed E-state index contributed by atoms with van der Waals surface area (Å²) in [6.07, 6.45) is 3.25. The molecule has 62 valence electrons. The van der Waals surface area contributed by atoms with Gasteiger partial charge in [0, 0.05) is 5.92 Å². The first-order valence-electron chi connectivity index (χ1n) is 3.51. The van der Waals surface area contributed by atoms with E-state index in [-0.39, 0.29) is 5.92 Å². The Bertz CT molecular complexity index is 190. The van der Waals surface area contributed by atoms with Crippen LogP contribution in [-0.4, -0.2) is 23.2 Å². The fourth-order valence-electron chi connectivity index (χ4n) is 1.23. The lowest BCUT2D eigenvalue weighted by Crippen LogP contribution is -2.72. The van der Waals surface area contributed by atoms with Crippen LogP contribution in [0.25, 0.3) is 0 Å². The molecule has 0 amide bonds. The molecular weight excluding hydrogens is 146 g/mol. The number of allylic oxidation sites excluding steroid dienone is 1. The zero-order chi connectivity index (χ0) is 8.43. The van der Waals surface area contributed by atoms with E-state index in [0.29, 0.717) is 6.42 Å². The summed E-state index contributed by atoms with van der Waals surface area (Å²) < 4.78 is 0. The van der Waals surface area contributed by atoms with Crippen molar-refractivity contribution >= 4 is 5.97 Å². The summed E-state index contributed by atoms with van der Waals surface area (Å²) in [6.45, 7) is 0. The molecule has 3 atom stereocenters. The molecule has 4 N–H and O–H groups in total. The Kier molecular flexibility index (Phi) is 2.26. The third-order valence-corrected chi connectivity index (χ3v) is 2.00. The first kappa shape index (κ1) is 8.23. The minimum absolute atomic E-state index is 0.306. The van der Waals surface area contributed by atoms with Crippen molar-refractivity contribution in [2.45, 2.75) is 18.6 Å². The summed E-state index contributed by atoms with van der Waals surface area (Å²) >= 11 is 0. The average Bonchev–Trinajstić information content (AvgIpc) is 2.33. The molecule has 0 saturated carbocycles. The van der Waals surface area contributed by atoms with Gasteiger partial charge in [-0.1, -0.05) is 12.2 Å². The highest BCUT2D eigenvalue weighted by Gasteiger charge is 2.30. The Morgan fingerprint density at radius 1 is 1.82 bits per heavy atom. The van der Waals surface area contributed by atoms with E-state index in [1.807, 2.05) is 0 Å². The lowest BCUT2D eigenvalue weighted by molar-refractivity contribution is -0.450. The molecule has 0 aliphatic heterocycles. The maximum atomic E-state index is 10.3. The monoisotopic (exact) mass is 157 g/mol. The van der Waals surface area contributed by atoms with Crippen LogP contribution >= 0.6 is 0 Å². The molecule has 4 nitrogen and oxygen atoms in total. The zero-order valence-corrected chi connectivity index (χ0v) is 6.06. The van der Waals surface area contributed by atoms with Gasteiger partial charge in [-0.2, -0.15) is 0 Å². The Morgan fingerprint density at radius 2 is 2.45 bits per heavy atom. The number of carboxylic acid groups (broad SMARTS) is 1. The van der Waals surface area contributed by atoms with Crippen LogP contribution in [0.4, 0.5) is 0 Å². The molecule has 0 fully saturated rings. The van der Waals surface area contributed by atoms with Crippen molar-refractivity contribution in [1.82, 2.24) is 0 Å². The van der Waals surface area contributed by atoms with Gasteiger partial charge in [-0.25, -0.2) is 0 Å². The average molecular weight is 157 g/mol. The van der Waals surface area contributed by atoms with Gasteiger partial charge in [0.1, 0.15) is 6.04 Å². The maximum Gasteiger partial charge on any atom is 0.130 e. The second kappa shape index (κ2) is 3.02. The van der Waals surface area contributed by atoms with Crippen LogP contribution in [0.3, 0.4) is 0 Å². The summed E-state index contributed by atoms with van der Waals surface area (Å²) in [5.41, 5.74) is 3.41. The van der Waals surface area contributed by atoms with Crippen LogP contribution in [0.1, 0.15) is 6.42 Å². The molecule has 1 aliphatic carbocycles. The van der Waals surface area contributed by atoms with E-state index in [2.05, 4.69) is 5.73 Å². The van der Waals surface area contributed by atoms with Gasteiger partial charge in [-0.15, -0.1) is 0 Å². The standard InChI is InChI=1S/C7H11NO3/c8-6(7(10)11)4-2-1-3-5(4)9/h1,3-6,9H,2,8H2,(H,10,11)/t4-,5+,6+/m1/s1. The van der Waals surface area contributed by atoms with Crippen LogP contribution < -0.4 is 10.8 Å². The maximum absolute atomic E-state index is 10.3. The van der Waals surface area contributed by atoms with E-state index >= 15 is 0 Å². The Morgan fingerprint density at radius 3 is 2.82 bits per heavy atom. The normalized spacial score (nSPS) is 32.2. The number of quaternary nitrogens is 1. The fourth-order valence-corrected chi connectivity index (χ4v) is 1.23. The summed E-state index contributed by atoms with van der Waals surface area (Å²) in [4.78, 5) is 10.3. The molecule has 0 radical (unpaired) electrons. The SMILES string of the molecule is [NH3+][C@H](C(=O)[O-])[C@@H]1CC=C[C@@H]1O. The quantitative estimate of drug-likeness (QED) is 0.427. The second-order valence-corrected chi connectivity index (χ2v) is 2.74. The molecule has 4 heteroatoms. The molecule has 0 unspecified atom stereocenters. The number of carboxylic acids is 1. The molecule has 0 aromatic rings. The van der Waals surface area contributed by atoms with Gasteiger partial charge in [0.05, 0.1) is 12.1 Å². The summed E-state index contributed by atoms with van der Waals surface area (Å²) in [5, 5.41) is 19.5. The van der Waals surface area contributed by atoms with E-state index in [9.17, 15) is 15.0 Å². The highest BCUT2D eigenvalue weighted by Crippen LogP contribution is 2.19. The van der Waals surface area contributed by atoms with Crippen molar-refractivity contribution in [3.8, 4) is 0 Å². The molecule has 0 aromatic heterocycles. The predicted octanol–water partition coefficient (Wildman–Crippen LogP) is -2.72. The number of carbonyl (C=O) groups is 1. The summed E-state index contributed by atoms with van der Waals surface area (Å²) in [6, 6.07) is -0.819. The lowest BCUT2D eigenvalue weighted by Gasteiger charge is -2.19. The van der Waals surface area contributed by atoms with Gasteiger partial charge in [-0.05, 0) is 6.42 Å². The van der Waals surface area contributed by atoms with E-state index in [1.54, 1.807) is 12.2 Å². The molecule has 0 saturated heterocycles. The van der Waals surface area contributed by atoms with Crippen molar-refractivity contribution in [3.63, 3.8) is 0 Å². The Hall–Kier alpha value is -0.870. The number of aliphatic hydroxyl groups excluding tert-OH is 1. The molecule has 1 aliphatic rings. The predicted molar refractivity (Wildman–Crippen MR) is 34.9 cm³/mol.